The molecule has 1 amide bonds. The molecule has 0 aliphatic heterocycles. The summed E-state index contributed by atoms with van der Waals surface area (Å²) in [6.07, 6.45) is 5.97. The molecule has 0 aromatic heterocycles. The molecular formula is C19H22N2O3S. The first kappa shape index (κ1) is 17.5. The van der Waals surface area contributed by atoms with Crippen LogP contribution < -0.4 is 10.0 Å². The third-order valence-electron chi connectivity index (χ3n) is 4.27. The molecule has 0 fully saturated rings. The normalized spacial score (nSPS) is 13.8. The summed E-state index contributed by atoms with van der Waals surface area (Å²) < 4.78 is 25.3. The van der Waals surface area contributed by atoms with Gasteiger partial charge in [-0.1, -0.05) is 30.3 Å². The lowest BCUT2D eigenvalue weighted by Gasteiger charge is -2.17. The molecule has 0 spiro atoms. The monoisotopic (exact) mass is 358 g/mol. The minimum atomic E-state index is -3.41. The lowest BCUT2D eigenvalue weighted by atomic mass is 9.90. The van der Waals surface area contributed by atoms with Crippen LogP contribution in [0, 0.1) is 0 Å². The summed E-state index contributed by atoms with van der Waals surface area (Å²) in [6.45, 7) is 0. The van der Waals surface area contributed by atoms with Gasteiger partial charge in [0.25, 0.3) is 0 Å². The molecule has 0 bridgehead atoms. The summed E-state index contributed by atoms with van der Waals surface area (Å²) in [5.41, 5.74) is 4.53. The van der Waals surface area contributed by atoms with E-state index in [0.29, 0.717) is 11.4 Å². The van der Waals surface area contributed by atoms with Crippen LogP contribution in [0.15, 0.2) is 42.5 Å². The van der Waals surface area contributed by atoms with E-state index in [2.05, 4.69) is 22.2 Å². The van der Waals surface area contributed by atoms with Crippen molar-refractivity contribution < 1.29 is 13.2 Å². The predicted octanol–water partition coefficient (Wildman–Crippen LogP) is 3.12. The number of hydrogen-bond acceptors (Lipinski definition) is 3. The quantitative estimate of drug-likeness (QED) is 0.862. The maximum atomic E-state index is 12.4. The molecule has 0 unspecified atom stereocenters. The fourth-order valence-corrected chi connectivity index (χ4v) is 3.73. The highest BCUT2D eigenvalue weighted by Gasteiger charge is 2.13. The summed E-state index contributed by atoms with van der Waals surface area (Å²) in [4.78, 5) is 12.4. The Bertz CT molecular complexity index is 891. The molecule has 6 heteroatoms. The maximum Gasteiger partial charge on any atom is 0.229 e. The van der Waals surface area contributed by atoms with Crippen LogP contribution in [0.5, 0.6) is 0 Å². The van der Waals surface area contributed by atoms with Gasteiger partial charge in [0, 0.05) is 0 Å². The van der Waals surface area contributed by atoms with Crippen molar-refractivity contribution >= 4 is 27.3 Å². The van der Waals surface area contributed by atoms with E-state index in [1.165, 1.54) is 24.0 Å². The number of nitrogens with one attached hydrogen (secondary N) is 2. The standard InChI is InChI=1S/C19H22N2O3S/c1-25(23,24)21-18-9-5-4-8-17(18)20-19(22)13-14-10-11-15-6-2-3-7-16(15)12-14/h4-5,8-12,21H,2-3,6-7,13H2,1H3,(H,20,22). The molecule has 2 aromatic rings. The average molecular weight is 358 g/mol. The van der Waals surface area contributed by atoms with Gasteiger partial charge < -0.3 is 5.32 Å². The van der Waals surface area contributed by atoms with Crippen molar-refractivity contribution in [3.05, 3.63) is 59.2 Å². The number of anilines is 2. The number of rotatable bonds is 5. The van der Waals surface area contributed by atoms with Crippen molar-refractivity contribution in [3.63, 3.8) is 0 Å². The smallest absolute Gasteiger partial charge is 0.229 e. The number of amides is 1. The van der Waals surface area contributed by atoms with E-state index in [0.717, 1.165) is 24.7 Å². The summed E-state index contributed by atoms with van der Waals surface area (Å²) >= 11 is 0. The Morgan fingerprint density at radius 1 is 1.00 bits per heavy atom. The number of aryl methyl sites for hydroxylation is 2. The molecule has 3 rings (SSSR count). The van der Waals surface area contributed by atoms with E-state index in [1.54, 1.807) is 24.3 Å². The van der Waals surface area contributed by atoms with Crippen molar-refractivity contribution in [3.8, 4) is 0 Å². The van der Waals surface area contributed by atoms with Crippen molar-refractivity contribution in [2.45, 2.75) is 32.1 Å². The molecule has 25 heavy (non-hydrogen) atoms. The van der Waals surface area contributed by atoms with Gasteiger partial charge in [0.05, 0.1) is 24.1 Å². The number of carbonyl (C=O) groups excluding carboxylic acids is 1. The third-order valence-corrected chi connectivity index (χ3v) is 4.86. The van der Waals surface area contributed by atoms with Gasteiger partial charge in [0.15, 0.2) is 0 Å². The summed E-state index contributed by atoms with van der Waals surface area (Å²) in [5, 5.41) is 2.80. The van der Waals surface area contributed by atoms with Gasteiger partial charge in [-0.05, 0) is 54.5 Å². The molecule has 0 heterocycles. The zero-order valence-electron chi connectivity index (χ0n) is 14.2. The van der Waals surface area contributed by atoms with E-state index in [-0.39, 0.29) is 12.3 Å². The number of fused-ring (bicyclic) bond motifs is 1. The largest absolute Gasteiger partial charge is 0.324 e. The fraction of sp³-hybridized carbons (Fsp3) is 0.316. The van der Waals surface area contributed by atoms with Crippen LogP contribution in [0.3, 0.4) is 0 Å². The summed E-state index contributed by atoms with van der Waals surface area (Å²) in [5.74, 6) is -0.168. The van der Waals surface area contributed by atoms with Gasteiger partial charge in [0.1, 0.15) is 0 Å². The van der Waals surface area contributed by atoms with Gasteiger partial charge in [-0.15, -0.1) is 0 Å². The fourth-order valence-electron chi connectivity index (χ4n) is 3.16. The van der Waals surface area contributed by atoms with Crippen molar-refractivity contribution in [1.82, 2.24) is 0 Å². The van der Waals surface area contributed by atoms with Crippen LogP contribution in [0.25, 0.3) is 0 Å². The lowest BCUT2D eigenvalue weighted by molar-refractivity contribution is -0.115. The molecule has 1 aliphatic rings. The molecular weight excluding hydrogens is 336 g/mol. The second kappa shape index (κ2) is 7.27. The Labute approximate surface area is 148 Å². The summed E-state index contributed by atoms with van der Waals surface area (Å²) in [6, 6.07) is 13.0. The van der Waals surface area contributed by atoms with Crippen LogP contribution in [0.4, 0.5) is 11.4 Å². The molecule has 0 saturated carbocycles. The summed E-state index contributed by atoms with van der Waals surface area (Å²) in [7, 11) is -3.41. The van der Waals surface area contributed by atoms with E-state index < -0.39 is 10.0 Å². The minimum absolute atomic E-state index is 0.168. The Morgan fingerprint density at radius 2 is 1.68 bits per heavy atom. The first-order chi connectivity index (χ1) is 11.9. The number of carbonyl (C=O) groups is 1. The first-order valence-corrected chi connectivity index (χ1v) is 10.3. The Hall–Kier alpha value is -2.34. The average Bonchev–Trinajstić information content (AvgIpc) is 2.55. The number of hydrogen-bond donors (Lipinski definition) is 2. The van der Waals surface area contributed by atoms with Crippen LogP contribution >= 0.6 is 0 Å². The highest BCUT2D eigenvalue weighted by atomic mass is 32.2. The Balaban J connectivity index is 1.71. The van der Waals surface area contributed by atoms with Gasteiger partial charge in [-0.3, -0.25) is 9.52 Å². The lowest BCUT2D eigenvalue weighted by Crippen LogP contribution is -2.17. The maximum absolute atomic E-state index is 12.4. The van der Waals surface area contributed by atoms with Crippen LogP contribution in [-0.4, -0.2) is 20.6 Å². The van der Waals surface area contributed by atoms with Crippen LogP contribution in [0.2, 0.25) is 0 Å². The van der Waals surface area contributed by atoms with Crippen molar-refractivity contribution in [2.75, 3.05) is 16.3 Å². The van der Waals surface area contributed by atoms with E-state index in [4.69, 9.17) is 0 Å². The van der Waals surface area contributed by atoms with Gasteiger partial charge >= 0.3 is 0 Å². The Kier molecular flexibility index (Phi) is 5.08. The first-order valence-electron chi connectivity index (χ1n) is 8.38. The van der Waals surface area contributed by atoms with Gasteiger partial charge in [0.2, 0.25) is 15.9 Å². The Morgan fingerprint density at radius 3 is 2.40 bits per heavy atom. The highest BCUT2D eigenvalue weighted by Crippen LogP contribution is 2.24. The number of para-hydroxylation sites is 2. The number of sulfonamides is 1. The van der Waals surface area contributed by atoms with E-state index in [9.17, 15) is 13.2 Å². The van der Waals surface area contributed by atoms with Gasteiger partial charge in [-0.2, -0.15) is 0 Å². The van der Waals surface area contributed by atoms with E-state index in [1.807, 2.05) is 6.07 Å². The van der Waals surface area contributed by atoms with Gasteiger partial charge in [-0.25, -0.2) is 8.42 Å². The molecule has 0 saturated heterocycles. The molecule has 1 aliphatic carbocycles. The molecule has 132 valence electrons. The topological polar surface area (TPSA) is 75.3 Å². The highest BCUT2D eigenvalue weighted by molar-refractivity contribution is 7.92. The zero-order valence-corrected chi connectivity index (χ0v) is 15.0. The van der Waals surface area contributed by atoms with E-state index >= 15 is 0 Å². The second-order valence-corrected chi connectivity index (χ2v) is 8.20. The molecule has 2 aromatic carbocycles. The minimum Gasteiger partial charge on any atom is -0.324 e. The van der Waals surface area contributed by atoms with Crippen LogP contribution in [-0.2, 0) is 34.1 Å². The van der Waals surface area contributed by atoms with Crippen LogP contribution in [0.1, 0.15) is 29.5 Å². The molecule has 0 atom stereocenters. The second-order valence-electron chi connectivity index (χ2n) is 6.45. The molecule has 0 radical (unpaired) electrons. The third kappa shape index (κ3) is 4.82. The SMILES string of the molecule is CS(=O)(=O)Nc1ccccc1NC(=O)Cc1ccc2c(c1)CCCC2. The molecule has 2 N–H and O–H groups in total. The predicted molar refractivity (Wildman–Crippen MR) is 100 cm³/mol. The number of benzene rings is 2. The van der Waals surface area contributed by atoms with Crippen molar-refractivity contribution in [1.29, 1.82) is 0 Å². The zero-order chi connectivity index (χ0) is 17.9. The molecule has 5 nitrogen and oxygen atoms in total. The van der Waals surface area contributed by atoms with Crippen molar-refractivity contribution in [2.24, 2.45) is 0 Å².